The molecule has 3 N–H and O–H groups in total. The summed E-state index contributed by atoms with van der Waals surface area (Å²) in [5.74, 6) is 1.24. The van der Waals surface area contributed by atoms with Gasteiger partial charge in [0, 0.05) is 4.88 Å². The van der Waals surface area contributed by atoms with Gasteiger partial charge in [-0.2, -0.15) is 5.10 Å². The van der Waals surface area contributed by atoms with Crippen LogP contribution in [0.5, 0.6) is 11.5 Å². The summed E-state index contributed by atoms with van der Waals surface area (Å²) in [5.41, 5.74) is 7.80. The van der Waals surface area contributed by atoms with Gasteiger partial charge in [0.25, 0.3) is 0 Å². The Morgan fingerprint density at radius 3 is 2.95 bits per heavy atom. The number of nitrogens with two attached hydrogens (primary N) is 1. The molecule has 0 bridgehead atoms. The number of amides is 2. The molecule has 1 heterocycles. The lowest BCUT2D eigenvalue weighted by atomic mass is 10.2. The average molecular weight is 305 g/mol. The van der Waals surface area contributed by atoms with Crippen molar-refractivity contribution in [3.63, 3.8) is 0 Å². The Morgan fingerprint density at radius 2 is 2.29 bits per heavy atom. The van der Waals surface area contributed by atoms with Crippen LogP contribution in [0.4, 0.5) is 4.79 Å². The summed E-state index contributed by atoms with van der Waals surface area (Å²) in [5, 5.41) is 5.69. The number of primary amides is 1. The molecule has 0 spiro atoms. The van der Waals surface area contributed by atoms with E-state index in [1.807, 2.05) is 17.5 Å². The number of hydrogen-bond acceptors (Lipinski definition) is 5. The van der Waals surface area contributed by atoms with Crippen molar-refractivity contribution in [1.29, 1.82) is 0 Å². The number of carbonyl (C=O) groups is 1. The number of nitrogens with one attached hydrogen (secondary N) is 1. The molecule has 0 fully saturated rings. The zero-order chi connectivity index (χ0) is 15.1. The third kappa shape index (κ3) is 4.50. The van der Waals surface area contributed by atoms with Crippen molar-refractivity contribution in [2.75, 3.05) is 7.11 Å². The number of hydrogen-bond donors (Lipinski definition) is 2. The van der Waals surface area contributed by atoms with Crippen molar-refractivity contribution >= 4 is 23.6 Å². The first-order chi connectivity index (χ1) is 10.2. The molecule has 110 valence electrons. The van der Waals surface area contributed by atoms with Crippen molar-refractivity contribution in [1.82, 2.24) is 5.43 Å². The van der Waals surface area contributed by atoms with Gasteiger partial charge >= 0.3 is 6.03 Å². The number of carbonyl (C=O) groups excluding carboxylic acids is 1. The Kier molecular flexibility index (Phi) is 5.16. The monoisotopic (exact) mass is 305 g/mol. The van der Waals surface area contributed by atoms with Crippen LogP contribution in [0.3, 0.4) is 0 Å². The van der Waals surface area contributed by atoms with Gasteiger partial charge in [0.2, 0.25) is 0 Å². The topological polar surface area (TPSA) is 85.9 Å². The Morgan fingerprint density at radius 1 is 1.43 bits per heavy atom. The van der Waals surface area contributed by atoms with Crippen molar-refractivity contribution in [3.8, 4) is 11.5 Å². The van der Waals surface area contributed by atoms with Crippen LogP contribution >= 0.6 is 11.3 Å². The Labute approximate surface area is 126 Å². The Bertz CT molecular complexity index is 626. The number of methoxy groups -OCH3 is 1. The molecule has 1 aromatic heterocycles. The molecule has 0 aliphatic carbocycles. The van der Waals surface area contributed by atoms with Crippen LogP contribution in [0, 0.1) is 0 Å². The molecule has 6 nitrogen and oxygen atoms in total. The van der Waals surface area contributed by atoms with Gasteiger partial charge in [-0.05, 0) is 35.2 Å². The van der Waals surface area contributed by atoms with Gasteiger partial charge in [0.15, 0.2) is 11.5 Å². The van der Waals surface area contributed by atoms with E-state index in [2.05, 4.69) is 10.5 Å². The average Bonchev–Trinajstić information content (AvgIpc) is 2.98. The second kappa shape index (κ2) is 7.30. The molecule has 0 saturated carbocycles. The first kappa shape index (κ1) is 14.9. The standard InChI is InChI=1S/C14H15N3O3S/c1-19-13-7-10(8-16-17-14(15)18)4-5-12(13)20-9-11-3-2-6-21-11/h2-8H,9H2,1H3,(H3,15,17,18)/b16-8-. The predicted octanol–water partition coefficient (Wildman–Crippen LogP) is 2.34. The van der Waals surface area contributed by atoms with Crippen molar-refractivity contribution < 1.29 is 14.3 Å². The highest BCUT2D eigenvalue weighted by Gasteiger charge is 2.06. The Balaban J connectivity index is 2.05. The highest BCUT2D eigenvalue weighted by atomic mass is 32.1. The van der Waals surface area contributed by atoms with Gasteiger partial charge in [-0.1, -0.05) is 6.07 Å². The predicted molar refractivity (Wildman–Crippen MR) is 82.0 cm³/mol. The zero-order valence-corrected chi connectivity index (χ0v) is 12.2. The fourth-order valence-electron chi connectivity index (χ4n) is 1.60. The van der Waals surface area contributed by atoms with E-state index in [1.54, 1.807) is 36.6 Å². The van der Waals surface area contributed by atoms with E-state index in [1.165, 1.54) is 6.21 Å². The number of benzene rings is 1. The van der Waals surface area contributed by atoms with Gasteiger partial charge in [-0.15, -0.1) is 11.3 Å². The van der Waals surface area contributed by atoms with E-state index in [0.29, 0.717) is 18.1 Å². The van der Waals surface area contributed by atoms with E-state index in [9.17, 15) is 4.79 Å². The van der Waals surface area contributed by atoms with Gasteiger partial charge in [-0.25, -0.2) is 10.2 Å². The smallest absolute Gasteiger partial charge is 0.332 e. The summed E-state index contributed by atoms with van der Waals surface area (Å²) >= 11 is 1.63. The molecule has 21 heavy (non-hydrogen) atoms. The van der Waals surface area contributed by atoms with Crippen LogP contribution in [0.25, 0.3) is 0 Å². The number of thiophene rings is 1. The molecule has 0 saturated heterocycles. The minimum absolute atomic E-state index is 0.491. The van der Waals surface area contributed by atoms with Crippen molar-refractivity contribution in [2.45, 2.75) is 6.61 Å². The summed E-state index contributed by atoms with van der Waals surface area (Å²) in [7, 11) is 1.57. The lowest BCUT2D eigenvalue weighted by Crippen LogP contribution is -2.24. The van der Waals surface area contributed by atoms with E-state index >= 15 is 0 Å². The maximum Gasteiger partial charge on any atom is 0.332 e. The van der Waals surface area contributed by atoms with Gasteiger partial charge in [0.1, 0.15) is 6.61 Å². The third-order valence-corrected chi connectivity index (χ3v) is 3.38. The molecule has 2 amide bonds. The molecular formula is C14H15N3O3S. The summed E-state index contributed by atoms with van der Waals surface area (Å²) in [4.78, 5) is 11.7. The van der Waals surface area contributed by atoms with Gasteiger partial charge in [0.05, 0.1) is 13.3 Å². The number of hydrazone groups is 1. The van der Waals surface area contributed by atoms with Crippen LogP contribution in [0.1, 0.15) is 10.4 Å². The fraction of sp³-hybridized carbons (Fsp3) is 0.143. The van der Waals surface area contributed by atoms with Crippen molar-refractivity contribution in [2.24, 2.45) is 10.8 Å². The molecule has 0 radical (unpaired) electrons. The first-order valence-corrected chi connectivity index (χ1v) is 6.98. The minimum Gasteiger partial charge on any atom is -0.493 e. The van der Waals surface area contributed by atoms with Crippen LogP contribution in [0.2, 0.25) is 0 Å². The number of ether oxygens (including phenoxy) is 2. The molecule has 2 rings (SSSR count). The number of nitrogens with zero attached hydrogens (tertiary/aromatic N) is 1. The van der Waals surface area contributed by atoms with Crippen molar-refractivity contribution in [3.05, 3.63) is 46.2 Å². The van der Waals surface area contributed by atoms with Crippen LogP contribution in [-0.2, 0) is 6.61 Å². The third-order valence-electron chi connectivity index (χ3n) is 2.53. The van der Waals surface area contributed by atoms with Crippen LogP contribution < -0.4 is 20.6 Å². The number of urea groups is 1. The second-order valence-corrected chi connectivity index (χ2v) is 5.04. The highest BCUT2D eigenvalue weighted by molar-refractivity contribution is 7.09. The molecule has 0 aliphatic rings. The molecule has 0 aliphatic heterocycles. The lowest BCUT2D eigenvalue weighted by molar-refractivity contribution is 0.249. The maximum atomic E-state index is 10.5. The molecule has 0 atom stereocenters. The number of rotatable bonds is 6. The highest BCUT2D eigenvalue weighted by Crippen LogP contribution is 2.28. The quantitative estimate of drug-likeness (QED) is 0.634. The summed E-state index contributed by atoms with van der Waals surface area (Å²) in [6, 6.07) is 8.63. The van der Waals surface area contributed by atoms with Crippen LogP contribution in [0.15, 0.2) is 40.8 Å². The van der Waals surface area contributed by atoms with Gasteiger partial charge in [-0.3, -0.25) is 0 Å². The van der Waals surface area contributed by atoms with E-state index < -0.39 is 6.03 Å². The largest absolute Gasteiger partial charge is 0.493 e. The van der Waals surface area contributed by atoms with Crippen LogP contribution in [-0.4, -0.2) is 19.4 Å². The van der Waals surface area contributed by atoms with E-state index in [-0.39, 0.29) is 0 Å². The molecule has 2 aromatic rings. The fourth-order valence-corrected chi connectivity index (χ4v) is 2.21. The molecule has 0 unspecified atom stereocenters. The SMILES string of the molecule is COc1cc(/C=N\NC(N)=O)ccc1OCc1cccs1. The van der Waals surface area contributed by atoms with E-state index in [4.69, 9.17) is 15.2 Å². The normalized spacial score (nSPS) is 10.5. The zero-order valence-electron chi connectivity index (χ0n) is 11.4. The summed E-state index contributed by atoms with van der Waals surface area (Å²) in [6.07, 6.45) is 1.47. The molecule has 7 heteroatoms. The molecule has 1 aromatic carbocycles. The molecular weight excluding hydrogens is 290 g/mol. The summed E-state index contributed by atoms with van der Waals surface area (Å²) < 4.78 is 11.0. The first-order valence-electron chi connectivity index (χ1n) is 6.11. The summed E-state index contributed by atoms with van der Waals surface area (Å²) in [6.45, 7) is 0.491. The van der Waals surface area contributed by atoms with Gasteiger partial charge < -0.3 is 15.2 Å². The lowest BCUT2D eigenvalue weighted by Gasteiger charge is -2.10. The maximum absolute atomic E-state index is 10.5. The second-order valence-electron chi connectivity index (χ2n) is 4.01. The minimum atomic E-state index is -0.714. The Hall–Kier alpha value is -2.54. The van der Waals surface area contributed by atoms with E-state index in [0.717, 1.165) is 10.4 Å².